The summed E-state index contributed by atoms with van der Waals surface area (Å²) in [5, 5.41) is 3.45. The largest absolute Gasteiger partial charge is 0.469 e. The number of hydrogen-bond acceptors (Lipinski definition) is 3. The lowest BCUT2D eigenvalue weighted by Gasteiger charge is -2.25. The Morgan fingerprint density at radius 3 is 2.20 bits per heavy atom. The average Bonchev–Trinajstić information content (AvgIpc) is 2.19. The number of methoxy groups -OCH3 is 1. The van der Waals surface area contributed by atoms with E-state index in [-0.39, 0.29) is 12.0 Å². The summed E-state index contributed by atoms with van der Waals surface area (Å²) >= 11 is 0. The summed E-state index contributed by atoms with van der Waals surface area (Å²) in [4.78, 5) is 11.1. The van der Waals surface area contributed by atoms with Crippen LogP contribution in [0.15, 0.2) is 0 Å². The predicted octanol–water partition coefficient (Wildman–Crippen LogP) is 2.35. The van der Waals surface area contributed by atoms with Crippen molar-refractivity contribution in [3.63, 3.8) is 0 Å². The molecule has 0 heterocycles. The highest BCUT2D eigenvalue weighted by molar-refractivity contribution is 5.69. The number of carbonyl (C=O) groups is 1. The maximum absolute atomic E-state index is 11.1. The van der Waals surface area contributed by atoms with Gasteiger partial charge in [-0.3, -0.25) is 4.79 Å². The standard InChI is InChI=1S/C12H25NO2/c1-6-11(7-2)10(4)13-9(3)8-12(14)15-5/h9-11,13H,6-8H2,1-5H3. The van der Waals surface area contributed by atoms with Crippen LogP contribution in [0.25, 0.3) is 0 Å². The maximum Gasteiger partial charge on any atom is 0.307 e. The topological polar surface area (TPSA) is 38.3 Å². The van der Waals surface area contributed by atoms with Crippen molar-refractivity contribution < 1.29 is 9.53 Å². The molecule has 0 fully saturated rings. The molecule has 0 saturated heterocycles. The summed E-state index contributed by atoms with van der Waals surface area (Å²) in [6, 6.07) is 0.646. The van der Waals surface area contributed by atoms with E-state index in [1.165, 1.54) is 20.0 Å². The lowest BCUT2D eigenvalue weighted by atomic mass is 9.95. The molecular formula is C12H25NO2. The van der Waals surface area contributed by atoms with Gasteiger partial charge < -0.3 is 10.1 Å². The van der Waals surface area contributed by atoms with Crippen molar-refractivity contribution in [2.45, 2.75) is 59.0 Å². The SMILES string of the molecule is CCC(CC)C(C)NC(C)CC(=O)OC. The molecule has 2 unspecified atom stereocenters. The Bertz CT molecular complexity index is 178. The minimum atomic E-state index is -0.147. The summed E-state index contributed by atoms with van der Waals surface area (Å²) in [5.41, 5.74) is 0. The Morgan fingerprint density at radius 1 is 1.27 bits per heavy atom. The van der Waals surface area contributed by atoms with Gasteiger partial charge in [-0.1, -0.05) is 26.7 Å². The normalized spacial score (nSPS) is 15.1. The van der Waals surface area contributed by atoms with E-state index in [4.69, 9.17) is 0 Å². The molecule has 15 heavy (non-hydrogen) atoms. The zero-order valence-corrected chi connectivity index (χ0v) is 10.7. The summed E-state index contributed by atoms with van der Waals surface area (Å²) < 4.78 is 4.64. The van der Waals surface area contributed by atoms with Gasteiger partial charge in [-0.15, -0.1) is 0 Å². The first-order valence-corrected chi connectivity index (χ1v) is 5.87. The molecule has 0 aromatic rings. The highest BCUT2D eigenvalue weighted by Crippen LogP contribution is 2.13. The maximum atomic E-state index is 11.1. The van der Waals surface area contributed by atoms with Crippen LogP contribution in [0.1, 0.15) is 47.0 Å². The van der Waals surface area contributed by atoms with Gasteiger partial charge in [0.25, 0.3) is 0 Å². The number of ether oxygens (including phenoxy) is 1. The van der Waals surface area contributed by atoms with E-state index in [0.717, 1.165) is 0 Å². The third kappa shape index (κ3) is 5.78. The predicted molar refractivity (Wildman–Crippen MR) is 62.8 cm³/mol. The average molecular weight is 215 g/mol. The van der Waals surface area contributed by atoms with Crippen molar-refractivity contribution in [3.8, 4) is 0 Å². The fourth-order valence-electron chi connectivity index (χ4n) is 1.97. The van der Waals surface area contributed by atoms with E-state index in [1.807, 2.05) is 6.92 Å². The zero-order chi connectivity index (χ0) is 11.8. The second-order valence-corrected chi connectivity index (χ2v) is 4.21. The molecule has 0 spiro atoms. The van der Waals surface area contributed by atoms with Crippen LogP contribution in [-0.4, -0.2) is 25.2 Å². The molecule has 0 rings (SSSR count). The van der Waals surface area contributed by atoms with Crippen LogP contribution >= 0.6 is 0 Å². The Hall–Kier alpha value is -0.570. The van der Waals surface area contributed by atoms with Crippen LogP contribution in [0, 0.1) is 5.92 Å². The molecule has 0 aliphatic carbocycles. The molecule has 0 aliphatic rings. The molecule has 3 nitrogen and oxygen atoms in total. The van der Waals surface area contributed by atoms with Crippen molar-refractivity contribution in [1.29, 1.82) is 0 Å². The summed E-state index contributed by atoms with van der Waals surface area (Å²) in [6.07, 6.45) is 2.80. The van der Waals surface area contributed by atoms with Crippen molar-refractivity contribution in [2.24, 2.45) is 5.92 Å². The third-order valence-electron chi connectivity index (χ3n) is 3.00. The number of carbonyl (C=O) groups excluding carboxylic acids is 1. The van der Waals surface area contributed by atoms with Gasteiger partial charge >= 0.3 is 5.97 Å². The highest BCUT2D eigenvalue weighted by atomic mass is 16.5. The minimum Gasteiger partial charge on any atom is -0.469 e. The van der Waals surface area contributed by atoms with Gasteiger partial charge in [0.1, 0.15) is 0 Å². The van der Waals surface area contributed by atoms with E-state index in [0.29, 0.717) is 18.4 Å². The molecule has 0 aliphatic heterocycles. The van der Waals surface area contributed by atoms with Crippen molar-refractivity contribution in [1.82, 2.24) is 5.32 Å². The number of nitrogens with one attached hydrogen (secondary N) is 1. The number of rotatable bonds is 7. The van der Waals surface area contributed by atoms with E-state index < -0.39 is 0 Å². The Labute approximate surface area is 93.6 Å². The van der Waals surface area contributed by atoms with Crippen LogP contribution in [0.5, 0.6) is 0 Å². The number of esters is 1. The van der Waals surface area contributed by atoms with E-state index in [1.54, 1.807) is 0 Å². The van der Waals surface area contributed by atoms with Gasteiger partial charge in [-0.25, -0.2) is 0 Å². The first-order chi connectivity index (χ1) is 7.04. The molecule has 0 bridgehead atoms. The van der Waals surface area contributed by atoms with Gasteiger partial charge in [-0.2, -0.15) is 0 Å². The third-order valence-corrected chi connectivity index (χ3v) is 3.00. The van der Waals surface area contributed by atoms with E-state index in [9.17, 15) is 4.79 Å². The first-order valence-electron chi connectivity index (χ1n) is 5.87. The van der Waals surface area contributed by atoms with Gasteiger partial charge in [0, 0.05) is 12.1 Å². The highest BCUT2D eigenvalue weighted by Gasteiger charge is 2.17. The lowest BCUT2D eigenvalue weighted by Crippen LogP contribution is -2.40. The Kier molecular flexibility index (Phi) is 7.39. The van der Waals surface area contributed by atoms with Crippen molar-refractivity contribution >= 4 is 5.97 Å². The lowest BCUT2D eigenvalue weighted by molar-refractivity contribution is -0.141. The zero-order valence-electron chi connectivity index (χ0n) is 10.7. The molecule has 90 valence electrons. The van der Waals surface area contributed by atoms with Crippen LogP contribution in [0.2, 0.25) is 0 Å². The molecule has 3 heteroatoms. The minimum absolute atomic E-state index is 0.147. The van der Waals surface area contributed by atoms with E-state index >= 15 is 0 Å². The fourth-order valence-corrected chi connectivity index (χ4v) is 1.97. The van der Waals surface area contributed by atoms with Crippen molar-refractivity contribution in [2.75, 3.05) is 7.11 Å². The summed E-state index contributed by atoms with van der Waals surface area (Å²) in [6.45, 7) is 8.62. The van der Waals surface area contributed by atoms with Gasteiger partial charge in [0.2, 0.25) is 0 Å². The van der Waals surface area contributed by atoms with Crippen LogP contribution in [-0.2, 0) is 9.53 Å². The Balaban J connectivity index is 3.93. The van der Waals surface area contributed by atoms with Crippen molar-refractivity contribution in [3.05, 3.63) is 0 Å². The molecule has 0 amide bonds. The second-order valence-electron chi connectivity index (χ2n) is 4.21. The molecule has 0 radical (unpaired) electrons. The number of hydrogen-bond donors (Lipinski definition) is 1. The smallest absolute Gasteiger partial charge is 0.307 e. The fraction of sp³-hybridized carbons (Fsp3) is 0.917. The van der Waals surface area contributed by atoms with Crippen LogP contribution in [0.4, 0.5) is 0 Å². The summed E-state index contributed by atoms with van der Waals surface area (Å²) in [5.74, 6) is 0.539. The molecule has 0 aromatic carbocycles. The molecule has 0 saturated carbocycles. The van der Waals surface area contributed by atoms with Gasteiger partial charge in [-0.05, 0) is 19.8 Å². The van der Waals surface area contributed by atoms with Crippen LogP contribution < -0.4 is 5.32 Å². The van der Waals surface area contributed by atoms with Gasteiger partial charge in [0.05, 0.1) is 13.5 Å². The second kappa shape index (κ2) is 7.69. The molecule has 2 atom stereocenters. The summed E-state index contributed by atoms with van der Waals surface area (Å²) in [7, 11) is 1.43. The Morgan fingerprint density at radius 2 is 1.80 bits per heavy atom. The molecular weight excluding hydrogens is 190 g/mol. The molecule has 1 N–H and O–H groups in total. The van der Waals surface area contributed by atoms with Gasteiger partial charge in [0.15, 0.2) is 0 Å². The first kappa shape index (κ1) is 14.4. The van der Waals surface area contributed by atoms with Crippen LogP contribution in [0.3, 0.4) is 0 Å². The monoisotopic (exact) mass is 215 g/mol. The van der Waals surface area contributed by atoms with E-state index in [2.05, 4.69) is 30.8 Å². The molecule has 0 aromatic heterocycles. The quantitative estimate of drug-likeness (QED) is 0.662.